The molecule has 1 radical (unpaired) electrons. The Labute approximate surface area is 86.1 Å². The van der Waals surface area contributed by atoms with E-state index in [0.717, 1.165) is 6.42 Å². The molecular formula is C8H14ClTi. The van der Waals surface area contributed by atoms with Gasteiger partial charge in [-0.3, -0.25) is 6.08 Å². The zero-order valence-corrected chi connectivity index (χ0v) is 9.15. The molecule has 0 saturated carbocycles. The van der Waals surface area contributed by atoms with Gasteiger partial charge in [0.05, 0.1) is 0 Å². The molecule has 0 N–H and O–H groups in total. The molecule has 0 spiro atoms. The molecule has 10 heavy (non-hydrogen) atoms. The molecule has 1 aliphatic carbocycles. The maximum absolute atomic E-state index is 3.12. The Bertz CT molecular complexity index is 103. The molecule has 0 unspecified atom stereocenters. The Balaban J connectivity index is -0.0000000450. The van der Waals surface area contributed by atoms with Gasteiger partial charge in [-0.1, -0.05) is 6.92 Å². The zero-order chi connectivity index (χ0) is 4.41. The molecule has 0 aliphatic heterocycles. The predicted molar refractivity (Wildman–Crippen MR) is 46.3 cm³/mol. The van der Waals surface area contributed by atoms with Gasteiger partial charge in [-0.15, -0.1) is 18.8 Å². The Morgan fingerprint density at radius 1 is 1.40 bits per heavy atom. The molecule has 2 heteroatoms. The van der Waals surface area contributed by atoms with Gasteiger partial charge in [0, 0.05) is 0 Å². The average molecular weight is 194 g/mol. The Morgan fingerprint density at radius 3 is 2.00 bits per heavy atom. The van der Waals surface area contributed by atoms with Gasteiger partial charge in [0.1, 0.15) is 0 Å². The SMILES string of the molecule is CC1=[C-]CC=C1.Cl.[CH3-].[CH3-].[Ti+3]. The van der Waals surface area contributed by atoms with E-state index in [2.05, 4.69) is 25.2 Å². The third kappa shape index (κ3) is 8.48. The quantitative estimate of drug-likeness (QED) is 0.410. The van der Waals surface area contributed by atoms with Crippen molar-refractivity contribution < 1.29 is 21.7 Å². The predicted octanol–water partition coefficient (Wildman–Crippen LogP) is 3.02. The topological polar surface area (TPSA) is 0 Å². The molecule has 0 saturated heterocycles. The van der Waals surface area contributed by atoms with Crippen LogP contribution < -0.4 is 0 Å². The first-order valence-electron chi connectivity index (χ1n) is 2.13. The van der Waals surface area contributed by atoms with Crippen LogP contribution in [0.2, 0.25) is 0 Å². The third-order valence-electron chi connectivity index (χ3n) is 0.867. The monoisotopic (exact) mass is 193 g/mol. The number of hydrogen-bond donors (Lipinski definition) is 0. The van der Waals surface area contributed by atoms with Crippen molar-refractivity contribution in [2.45, 2.75) is 13.3 Å². The van der Waals surface area contributed by atoms with Crippen LogP contribution in [0.15, 0.2) is 17.7 Å². The standard InChI is InChI=1S/C6H7.2CH3.ClH.Ti/c1-6-4-2-3-5-6;;;;/h2,4H,3H2,1H3;2*1H3;1H;/q3*-1;;+3. The fourth-order valence-corrected chi connectivity index (χ4v) is 0.515. The zero-order valence-electron chi connectivity index (χ0n) is 6.77. The molecule has 1 aliphatic rings. The van der Waals surface area contributed by atoms with Gasteiger partial charge >= 0.3 is 21.7 Å². The summed E-state index contributed by atoms with van der Waals surface area (Å²) in [6.45, 7) is 2.06. The van der Waals surface area contributed by atoms with Crippen LogP contribution in [0.4, 0.5) is 0 Å². The summed E-state index contributed by atoms with van der Waals surface area (Å²) in [5, 5.41) is 0. The summed E-state index contributed by atoms with van der Waals surface area (Å²) in [6, 6.07) is 0. The van der Waals surface area contributed by atoms with Gasteiger partial charge in [0.15, 0.2) is 0 Å². The van der Waals surface area contributed by atoms with Crippen molar-refractivity contribution in [2.75, 3.05) is 0 Å². The summed E-state index contributed by atoms with van der Waals surface area (Å²) < 4.78 is 0. The summed E-state index contributed by atoms with van der Waals surface area (Å²) >= 11 is 0. The van der Waals surface area contributed by atoms with Gasteiger partial charge in [0.25, 0.3) is 0 Å². The average Bonchev–Trinajstić information content (AvgIpc) is 1.86. The van der Waals surface area contributed by atoms with Gasteiger partial charge < -0.3 is 14.9 Å². The Hall–Kier alpha value is 0.484. The van der Waals surface area contributed by atoms with Gasteiger partial charge in [-0.25, -0.2) is 11.6 Å². The summed E-state index contributed by atoms with van der Waals surface area (Å²) in [5.74, 6) is 0. The third-order valence-corrected chi connectivity index (χ3v) is 0.867. The van der Waals surface area contributed by atoms with Crippen molar-refractivity contribution in [3.8, 4) is 0 Å². The molecule has 0 atom stereocenters. The van der Waals surface area contributed by atoms with Crippen molar-refractivity contribution in [1.82, 2.24) is 0 Å². The minimum atomic E-state index is 0. The molecule has 0 amide bonds. The molecule has 0 heterocycles. The normalized spacial score (nSPS) is 11.1. The van der Waals surface area contributed by atoms with E-state index in [4.69, 9.17) is 0 Å². The van der Waals surface area contributed by atoms with Crippen LogP contribution in [0.3, 0.4) is 0 Å². The summed E-state index contributed by atoms with van der Waals surface area (Å²) in [5.41, 5.74) is 1.27. The fourth-order valence-electron chi connectivity index (χ4n) is 0.515. The van der Waals surface area contributed by atoms with Crippen LogP contribution in [0, 0.1) is 20.9 Å². The Morgan fingerprint density at radius 2 is 1.90 bits per heavy atom. The van der Waals surface area contributed by atoms with Crippen LogP contribution >= 0.6 is 12.4 Å². The van der Waals surface area contributed by atoms with Crippen molar-refractivity contribution >= 4 is 12.4 Å². The van der Waals surface area contributed by atoms with E-state index >= 15 is 0 Å². The molecule has 0 aromatic carbocycles. The van der Waals surface area contributed by atoms with Crippen LogP contribution in [0.25, 0.3) is 0 Å². The van der Waals surface area contributed by atoms with Gasteiger partial charge in [0.2, 0.25) is 0 Å². The largest absolute Gasteiger partial charge is 3.00 e. The number of allylic oxidation sites excluding steroid dienone is 4. The Kier molecular flexibility index (Phi) is 27.3. The van der Waals surface area contributed by atoms with Crippen molar-refractivity contribution in [3.05, 3.63) is 38.7 Å². The van der Waals surface area contributed by atoms with Crippen LogP contribution in [-0.4, -0.2) is 0 Å². The van der Waals surface area contributed by atoms with Gasteiger partial charge in [-0.2, -0.15) is 6.08 Å². The molecule has 0 nitrogen and oxygen atoms in total. The second-order valence-electron chi connectivity index (χ2n) is 1.47. The molecule has 0 bridgehead atoms. The summed E-state index contributed by atoms with van der Waals surface area (Å²) in [6.07, 6.45) is 8.33. The minimum Gasteiger partial charge on any atom is -0.358 e. The summed E-state index contributed by atoms with van der Waals surface area (Å²) in [7, 11) is 0. The van der Waals surface area contributed by atoms with E-state index < -0.39 is 0 Å². The van der Waals surface area contributed by atoms with Gasteiger partial charge in [-0.05, 0) is 0 Å². The van der Waals surface area contributed by atoms with Crippen LogP contribution in [0.1, 0.15) is 13.3 Å². The smallest absolute Gasteiger partial charge is 0.358 e. The second kappa shape index (κ2) is 12.2. The molecule has 0 aromatic heterocycles. The molecule has 0 aromatic rings. The van der Waals surface area contributed by atoms with Crippen molar-refractivity contribution in [1.29, 1.82) is 0 Å². The number of rotatable bonds is 0. The first kappa shape index (κ1) is 22.4. The molecule has 0 fully saturated rings. The van der Waals surface area contributed by atoms with E-state index in [1.54, 1.807) is 0 Å². The number of hydrogen-bond acceptors (Lipinski definition) is 0. The molecule has 57 valence electrons. The van der Waals surface area contributed by atoms with Crippen LogP contribution in [-0.2, 0) is 21.7 Å². The maximum Gasteiger partial charge on any atom is 3.00 e. The van der Waals surface area contributed by atoms with E-state index in [9.17, 15) is 0 Å². The molecular weight excluding hydrogens is 179 g/mol. The first-order valence-corrected chi connectivity index (χ1v) is 2.13. The number of halogens is 1. The fraction of sp³-hybridized carbons (Fsp3) is 0.250. The van der Waals surface area contributed by atoms with Crippen molar-refractivity contribution in [2.24, 2.45) is 0 Å². The van der Waals surface area contributed by atoms with E-state index in [0.29, 0.717) is 0 Å². The summed E-state index contributed by atoms with van der Waals surface area (Å²) in [4.78, 5) is 0. The van der Waals surface area contributed by atoms with Crippen LogP contribution in [0.5, 0.6) is 0 Å². The molecule has 1 rings (SSSR count). The van der Waals surface area contributed by atoms with E-state index in [1.807, 2.05) is 0 Å². The minimum absolute atomic E-state index is 0. The van der Waals surface area contributed by atoms with E-state index in [-0.39, 0.29) is 49.0 Å². The second-order valence-corrected chi connectivity index (χ2v) is 1.47. The van der Waals surface area contributed by atoms with E-state index in [1.165, 1.54) is 5.57 Å². The first-order chi connectivity index (χ1) is 2.89. The maximum atomic E-state index is 3.12. The van der Waals surface area contributed by atoms with Crippen molar-refractivity contribution in [3.63, 3.8) is 0 Å².